The zero-order valence-electron chi connectivity index (χ0n) is 24.6. The topological polar surface area (TPSA) is 124 Å². The van der Waals surface area contributed by atoms with Gasteiger partial charge in [0.25, 0.3) is 5.91 Å². The minimum atomic E-state index is -0.959. The SMILES string of the molecule is COC(=O)N[C@@H](Cc1ccccc1Cl)C(=O)NC(CCCN1C(=N)NC(CC(C)C)(c2ccccc2)C1=O)CC1CC1. The average molecular weight is 596 g/mol. The predicted octanol–water partition coefficient (Wildman–Crippen LogP) is 4.98. The molecule has 226 valence electrons. The average Bonchev–Trinajstić information content (AvgIpc) is 3.75. The zero-order valence-corrected chi connectivity index (χ0v) is 25.4. The van der Waals surface area contributed by atoms with Gasteiger partial charge in [0.1, 0.15) is 11.6 Å². The van der Waals surface area contributed by atoms with Gasteiger partial charge in [-0.25, -0.2) is 4.79 Å². The molecule has 0 spiro atoms. The summed E-state index contributed by atoms with van der Waals surface area (Å²) in [6.45, 7) is 4.52. The molecule has 9 nitrogen and oxygen atoms in total. The molecule has 0 radical (unpaired) electrons. The summed E-state index contributed by atoms with van der Waals surface area (Å²) in [5, 5.41) is 18.2. The van der Waals surface area contributed by atoms with Crippen molar-refractivity contribution in [2.45, 2.75) is 76.4 Å². The first-order valence-electron chi connectivity index (χ1n) is 14.8. The summed E-state index contributed by atoms with van der Waals surface area (Å²) in [6, 6.07) is 15.9. The van der Waals surface area contributed by atoms with E-state index in [2.05, 4.69) is 29.8 Å². The molecule has 1 aliphatic carbocycles. The number of nitrogens with zero attached hydrogens (tertiary/aromatic N) is 1. The Morgan fingerprint density at radius 2 is 1.81 bits per heavy atom. The smallest absolute Gasteiger partial charge is 0.407 e. The van der Waals surface area contributed by atoms with Crippen molar-refractivity contribution in [2.24, 2.45) is 11.8 Å². The van der Waals surface area contributed by atoms with E-state index in [1.165, 1.54) is 12.0 Å². The second kappa shape index (κ2) is 14.1. The van der Waals surface area contributed by atoms with Crippen LogP contribution in [0.3, 0.4) is 0 Å². The number of methoxy groups -OCH3 is 1. The van der Waals surface area contributed by atoms with Gasteiger partial charge >= 0.3 is 6.09 Å². The van der Waals surface area contributed by atoms with E-state index < -0.39 is 17.7 Å². The number of carbonyl (C=O) groups is 3. The molecule has 2 aromatic carbocycles. The largest absolute Gasteiger partial charge is 0.453 e. The van der Waals surface area contributed by atoms with Crippen molar-refractivity contribution in [1.82, 2.24) is 20.9 Å². The number of hydrogen-bond donors (Lipinski definition) is 4. The van der Waals surface area contributed by atoms with Gasteiger partial charge in [0, 0.05) is 24.0 Å². The van der Waals surface area contributed by atoms with Gasteiger partial charge in [0.2, 0.25) is 5.91 Å². The van der Waals surface area contributed by atoms with Gasteiger partial charge in [-0.2, -0.15) is 0 Å². The van der Waals surface area contributed by atoms with E-state index in [1.807, 2.05) is 48.5 Å². The third-order valence-corrected chi connectivity index (χ3v) is 8.33. The second-order valence-electron chi connectivity index (χ2n) is 11.8. The lowest BCUT2D eigenvalue weighted by Gasteiger charge is -2.29. The summed E-state index contributed by atoms with van der Waals surface area (Å²) >= 11 is 6.34. The van der Waals surface area contributed by atoms with Crippen molar-refractivity contribution in [3.63, 3.8) is 0 Å². The number of benzene rings is 2. The number of halogens is 1. The quantitative estimate of drug-likeness (QED) is 0.245. The van der Waals surface area contributed by atoms with Crippen molar-refractivity contribution < 1.29 is 19.1 Å². The van der Waals surface area contributed by atoms with Gasteiger partial charge < -0.3 is 20.7 Å². The van der Waals surface area contributed by atoms with Crippen LogP contribution in [0.4, 0.5) is 4.79 Å². The highest BCUT2D eigenvalue weighted by Gasteiger charge is 2.50. The fourth-order valence-corrected chi connectivity index (χ4v) is 5.96. The maximum atomic E-state index is 13.8. The Morgan fingerprint density at radius 1 is 1.12 bits per heavy atom. The highest BCUT2D eigenvalue weighted by atomic mass is 35.5. The molecule has 4 rings (SSSR count). The standard InChI is InChI=1S/C32H42ClN5O4/c1-21(2)20-32(24-11-5-4-6-12-24)29(40)38(30(34)37-32)17-9-13-25(18-22-15-16-22)35-28(39)27(36-31(41)42-3)19-23-10-7-8-14-26(23)33/h4-8,10-12,14,21-22,25,27H,9,13,15-20H2,1-3H3,(H2,34,37)(H,35,39)(H,36,41)/t25?,27-,32?/m0/s1. The normalized spacial score (nSPS) is 19.8. The molecule has 2 aliphatic rings. The number of ether oxygens (including phenoxy) is 1. The molecular formula is C32H42ClN5O4. The molecular weight excluding hydrogens is 554 g/mol. The van der Waals surface area contributed by atoms with E-state index in [0.29, 0.717) is 36.7 Å². The van der Waals surface area contributed by atoms with Gasteiger partial charge in [-0.1, -0.05) is 86.8 Å². The van der Waals surface area contributed by atoms with E-state index in [4.69, 9.17) is 21.7 Å². The molecule has 0 bridgehead atoms. The summed E-state index contributed by atoms with van der Waals surface area (Å²) in [7, 11) is 1.26. The second-order valence-corrected chi connectivity index (χ2v) is 12.2. The highest BCUT2D eigenvalue weighted by molar-refractivity contribution is 6.31. The van der Waals surface area contributed by atoms with Crippen LogP contribution < -0.4 is 16.0 Å². The van der Waals surface area contributed by atoms with Crippen LogP contribution in [0.2, 0.25) is 5.02 Å². The van der Waals surface area contributed by atoms with E-state index in [9.17, 15) is 14.4 Å². The molecule has 4 N–H and O–H groups in total. The molecule has 1 heterocycles. The number of guanidine groups is 1. The molecule has 0 aromatic heterocycles. The van der Waals surface area contributed by atoms with E-state index >= 15 is 0 Å². The van der Waals surface area contributed by atoms with Crippen molar-refractivity contribution in [3.8, 4) is 0 Å². The molecule has 2 aromatic rings. The molecule has 2 unspecified atom stereocenters. The number of rotatable bonds is 14. The first-order chi connectivity index (χ1) is 20.1. The van der Waals surface area contributed by atoms with E-state index in [-0.39, 0.29) is 36.2 Å². The van der Waals surface area contributed by atoms with Crippen LogP contribution in [0.25, 0.3) is 0 Å². The molecule has 3 atom stereocenters. The third kappa shape index (κ3) is 7.82. The zero-order chi connectivity index (χ0) is 30.3. The summed E-state index contributed by atoms with van der Waals surface area (Å²) in [5.74, 6) is 0.477. The number of alkyl carbamates (subject to hydrolysis) is 1. The fraction of sp³-hybridized carbons (Fsp3) is 0.500. The van der Waals surface area contributed by atoms with Gasteiger partial charge in [-0.05, 0) is 54.7 Å². The Hall–Kier alpha value is -3.59. The van der Waals surface area contributed by atoms with Crippen molar-refractivity contribution in [1.29, 1.82) is 5.41 Å². The number of nitrogens with one attached hydrogen (secondary N) is 4. The number of hydrogen-bond acceptors (Lipinski definition) is 5. The number of carbonyl (C=O) groups excluding carboxylic acids is 3. The molecule has 10 heteroatoms. The lowest BCUT2D eigenvalue weighted by atomic mass is 9.82. The van der Waals surface area contributed by atoms with Gasteiger partial charge in [-0.15, -0.1) is 0 Å². The summed E-state index contributed by atoms with van der Waals surface area (Å²) in [5.41, 5.74) is 0.647. The summed E-state index contributed by atoms with van der Waals surface area (Å²) in [4.78, 5) is 40.9. The van der Waals surface area contributed by atoms with Crippen LogP contribution >= 0.6 is 11.6 Å². The van der Waals surface area contributed by atoms with Crippen molar-refractivity contribution in [2.75, 3.05) is 13.7 Å². The van der Waals surface area contributed by atoms with Crippen molar-refractivity contribution in [3.05, 3.63) is 70.7 Å². The molecule has 1 aliphatic heterocycles. The van der Waals surface area contributed by atoms with E-state index in [0.717, 1.165) is 30.4 Å². The predicted molar refractivity (Wildman–Crippen MR) is 163 cm³/mol. The molecule has 3 amide bonds. The Balaban J connectivity index is 1.42. The van der Waals surface area contributed by atoms with Crippen LogP contribution in [0.5, 0.6) is 0 Å². The van der Waals surface area contributed by atoms with Gasteiger partial charge in [0.05, 0.1) is 7.11 Å². The third-order valence-electron chi connectivity index (χ3n) is 7.96. The Bertz CT molecular complexity index is 1270. The van der Waals surface area contributed by atoms with Crippen LogP contribution in [0.15, 0.2) is 54.6 Å². The monoisotopic (exact) mass is 595 g/mol. The van der Waals surface area contributed by atoms with Crippen LogP contribution in [-0.4, -0.2) is 54.5 Å². The van der Waals surface area contributed by atoms with Crippen LogP contribution in [0, 0.1) is 17.2 Å². The summed E-state index contributed by atoms with van der Waals surface area (Å²) in [6.07, 6.45) is 4.44. The Kier molecular flexibility index (Phi) is 10.5. The molecule has 1 saturated carbocycles. The van der Waals surface area contributed by atoms with Gasteiger partial charge in [-0.3, -0.25) is 19.9 Å². The lowest BCUT2D eigenvalue weighted by Crippen LogP contribution is -2.51. The minimum absolute atomic E-state index is 0.106. The molecule has 2 fully saturated rings. The maximum Gasteiger partial charge on any atom is 0.407 e. The molecule has 42 heavy (non-hydrogen) atoms. The maximum absolute atomic E-state index is 13.8. The highest BCUT2D eigenvalue weighted by Crippen LogP contribution is 2.36. The van der Waals surface area contributed by atoms with Crippen LogP contribution in [0.1, 0.15) is 63.5 Å². The van der Waals surface area contributed by atoms with Crippen molar-refractivity contribution >= 4 is 35.5 Å². The first-order valence-corrected chi connectivity index (χ1v) is 15.1. The summed E-state index contributed by atoms with van der Waals surface area (Å²) < 4.78 is 4.77. The number of amides is 3. The Morgan fingerprint density at radius 3 is 2.45 bits per heavy atom. The van der Waals surface area contributed by atoms with E-state index in [1.54, 1.807) is 6.07 Å². The van der Waals surface area contributed by atoms with Crippen LogP contribution in [-0.2, 0) is 26.3 Å². The Labute approximate surface area is 253 Å². The lowest BCUT2D eigenvalue weighted by molar-refractivity contribution is -0.132. The van der Waals surface area contributed by atoms with Gasteiger partial charge in [0.15, 0.2) is 5.96 Å². The fourth-order valence-electron chi connectivity index (χ4n) is 5.75. The minimum Gasteiger partial charge on any atom is -0.453 e. The first kappa shape index (κ1) is 31.3. The molecule has 1 saturated heterocycles.